The quantitative estimate of drug-likeness (QED) is 0.286. The summed E-state index contributed by atoms with van der Waals surface area (Å²) in [6.45, 7) is 3.49. The van der Waals surface area contributed by atoms with Crippen LogP contribution in [0.3, 0.4) is 0 Å². The van der Waals surface area contributed by atoms with Crippen molar-refractivity contribution in [3.05, 3.63) is 82.9 Å². The summed E-state index contributed by atoms with van der Waals surface area (Å²) >= 11 is 3.59. The third-order valence-corrected chi connectivity index (χ3v) is 10.8. The van der Waals surface area contributed by atoms with E-state index in [2.05, 4.69) is 31.6 Å². The number of aliphatic hydroxyl groups is 1. The number of rotatable bonds is 6. The molecule has 13 nitrogen and oxygen atoms in total. The van der Waals surface area contributed by atoms with Crippen LogP contribution < -0.4 is 5.32 Å². The molecule has 1 spiro atoms. The number of hydrogen-bond acceptors (Lipinski definition) is 9. The Morgan fingerprint density at radius 1 is 1.04 bits per heavy atom. The van der Waals surface area contributed by atoms with E-state index in [4.69, 9.17) is 9.47 Å². The molecule has 0 aliphatic carbocycles. The van der Waals surface area contributed by atoms with Crippen molar-refractivity contribution in [2.75, 3.05) is 19.7 Å². The van der Waals surface area contributed by atoms with Crippen LogP contribution in [0.4, 0.5) is 0 Å². The second-order valence-corrected chi connectivity index (χ2v) is 14.4. The first kappa shape index (κ1) is 34.1. The number of nitrogens with zero attached hydrogens (tertiary/aromatic N) is 5. The number of hydrogen-bond donors (Lipinski definition) is 2. The van der Waals surface area contributed by atoms with Crippen LogP contribution in [0.5, 0.6) is 0 Å². The highest BCUT2D eigenvalue weighted by Crippen LogP contribution is 2.59. The van der Waals surface area contributed by atoms with Crippen LogP contribution in [-0.4, -0.2) is 97.1 Å². The van der Waals surface area contributed by atoms with Crippen molar-refractivity contribution in [1.29, 1.82) is 0 Å². The molecule has 50 heavy (non-hydrogen) atoms. The van der Waals surface area contributed by atoms with Crippen LogP contribution in [-0.2, 0) is 35.3 Å². The van der Waals surface area contributed by atoms with Crippen molar-refractivity contribution in [2.45, 2.75) is 63.3 Å². The first-order valence-electron chi connectivity index (χ1n) is 16.9. The molecule has 14 heteroatoms. The van der Waals surface area contributed by atoms with E-state index in [0.717, 1.165) is 0 Å². The van der Waals surface area contributed by atoms with Crippen molar-refractivity contribution in [3.8, 4) is 0 Å². The van der Waals surface area contributed by atoms with E-state index in [1.165, 1.54) is 4.90 Å². The average molecular weight is 748 g/mol. The van der Waals surface area contributed by atoms with E-state index in [1.54, 1.807) is 15.7 Å². The molecule has 0 radical (unpaired) electrons. The lowest BCUT2D eigenvalue weighted by Crippen LogP contribution is -2.59. The monoisotopic (exact) mass is 746 g/mol. The van der Waals surface area contributed by atoms with Gasteiger partial charge >= 0.3 is 5.97 Å². The fourth-order valence-corrected chi connectivity index (χ4v) is 8.44. The van der Waals surface area contributed by atoms with E-state index >= 15 is 4.79 Å². The molecule has 3 amide bonds. The Hall–Kier alpha value is -4.40. The Bertz CT molecular complexity index is 1860. The highest BCUT2D eigenvalue weighted by atomic mass is 79.9. The van der Waals surface area contributed by atoms with Gasteiger partial charge in [-0.1, -0.05) is 89.6 Å². The highest BCUT2D eigenvalue weighted by Gasteiger charge is 2.75. The Labute approximate surface area is 297 Å². The fraction of sp³-hybridized carbons (Fsp3) is 0.444. The number of ether oxygens (including phenoxy) is 2. The first-order chi connectivity index (χ1) is 24.1. The van der Waals surface area contributed by atoms with Gasteiger partial charge in [-0.2, -0.15) is 0 Å². The minimum Gasteiger partial charge on any atom is -0.455 e. The third-order valence-electron chi connectivity index (χ3n) is 10.2. The van der Waals surface area contributed by atoms with E-state index in [-0.39, 0.29) is 38.0 Å². The molecule has 2 aromatic carbocycles. The SMILES string of the molecule is CC(C)[C@H](CO)N1C(=O)[C@H]2[C@@H]3C(=O)O[C@H](c4ccccc4)CNC(=O)CC/C=C\CN(Cn4nnc5ccccc54)C(=O)[C@H]1[C@@]21C=C(Br)[C@@H]3O1. The molecule has 262 valence electrons. The summed E-state index contributed by atoms with van der Waals surface area (Å²) in [5, 5.41) is 22.1. The molecular weight excluding hydrogens is 708 g/mol. The van der Waals surface area contributed by atoms with Crippen molar-refractivity contribution >= 4 is 50.7 Å². The smallest absolute Gasteiger partial charge is 0.313 e. The normalized spacial score (nSPS) is 30.0. The second kappa shape index (κ2) is 13.7. The third kappa shape index (κ3) is 5.82. The molecule has 2 fully saturated rings. The lowest BCUT2D eigenvalue weighted by molar-refractivity contribution is -0.161. The maximum absolute atomic E-state index is 15.1. The number of nitrogens with one attached hydrogen (secondary N) is 1. The number of allylic oxidation sites excluding steroid dienone is 1. The summed E-state index contributed by atoms with van der Waals surface area (Å²) in [7, 11) is 0. The number of aromatic nitrogens is 3. The summed E-state index contributed by atoms with van der Waals surface area (Å²) in [4.78, 5) is 60.0. The number of benzene rings is 2. The van der Waals surface area contributed by atoms with Crippen molar-refractivity contribution < 1.29 is 33.8 Å². The molecule has 5 bridgehead atoms. The van der Waals surface area contributed by atoms with Crippen LogP contribution >= 0.6 is 15.9 Å². The highest BCUT2D eigenvalue weighted by molar-refractivity contribution is 9.11. The van der Waals surface area contributed by atoms with Crippen LogP contribution in [0.1, 0.15) is 38.4 Å². The number of carbonyl (C=O) groups excluding carboxylic acids is 4. The number of aliphatic hydroxyl groups excluding tert-OH is 1. The molecule has 3 aromatic rings. The number of fused-ring (bicyclic) bond motifs is 3. The predicted molar refractivity (Wildman–Crippen MR) is 184 cm³/mol. The molecule has 7 atom stereocenters. The average Bonchev–Trinajstić information content (AvgIpc) is 3.83. The molecule has 4 aliphatic rings. The maximum Gasteiger partial charge on any atom is 0.313 e. The number of halogens is 1. The first-order valence-corrected chi connectivity index (χ1v) is 17.7. The molecule has 1 aromatic heterocycles. The molecule has 2 saturated heterocycles. The van der Waals surface area contributed by atoms with Gasteiger partial charge in [0.1, 0.15) is 42.0 Å². The zero-order valence-corrected chi connectivity index (χ0v) is 29.3. The summed E-state index contributed by atoms with van der Waals surface area (Å²) in [6, 6.07) is 14.5. The van der Waals surface area contributed by atoms with Gasteiger partial charge < -0.3 is 29.7 Å². The van der Waals surface area contributed by atoms with Gasteiger partial charge in [0.25, 0.3) is 5.91 Å². The van der Waals surface area contributed by atoms with Crippen molar-refractivity contribution in [2.24, 2.45) is 17.8 Å². The zero-order valence-electron chi connectivity index (χ0n) is 27.7. The lowest BCUT2D eigenvalue weighted by Gasteiger charge is -2.39. The molecular formula is C36H39BrN6O7. The van der Waals surface area contributed by atoms with Crippen molar-refractivity contribution in [3.63, 3.8) is 0 Å². The van der Waals surface area contributed by atoms with Crippen LogP contribution in [0.15, 0.2) is 77.3 Å². The predicted octanol–water partition coefficient (Wildman–Crippen LogP) is 2.86. The fourth-order valence-electron chi connectivity index (χ4n) is 7.70. The number of para-hydroxylation sites is 1. The van der Waals surface area contributed by atoms with E-state index < -0.39 is 66.1 Å². The van der Waals surface area contributed by atoms with Crippen LogP contribution in [0, 0.1) is 17.8 Å². The lowest BCUT2D eigenvalue weighted by atomic mass is 9.74. The largest absolute Gasteiger partial charge is 0.455 e. The number of carbonyl (C=O) groups is 4. The van der Waals surface area contributed by atoms with E-state index in [1.807, 2.05) is 80.6 Å². The van der Waals surface area contributed by atoms with Crippen molar-refractivity contribution in [1.82, 2.24) is 30.1 Å². The molecule has 0 unspecified atom stereocenters. The van der Waals surface area contributed by atoms with Gasteiger partial charge in [0.2, 0.25) is 11.8 Å². The molecule has 7 rings (SSSR count). The molecule has 2 N–H and O–H groups in total. The molecule has 4 aliphatic heterocycles. The van der Waals surface area contributed by atoms with Crippen LogP contribution in [0.2, 0.25) is 0 Å². The Morgan fingerprint density at radius 2 is 1.80 bits per heavy atom. The Morgan fingerprint density at radius 3 is 2.56 bits per heavy atom. The Kier molecular flexibility index (Phi) is 9.35. The van der Waals surface area contributed by atoms with Gasteiger partial charge in [0, 0.05) is 17.4 Å². The van der Waals surface area contributed by atoms with Gasteiger partial charge in [-0.15, -0.1) is 5.10 Å². The van der Waals surface area contributed by atoms with Gasteiger partial charge in [0.05, 0.1) is 30.6 Å². The topological polar surface area (TPSA) is 156 Å². The number of likely N-dealkylation sites (tertiary alicyclic amines) is 1. The summed E-state index contributed by atoms with van der Waals surface area (Å²) in [5.74, 6) is -4.25. The minimum atomic E-state index is -1.53. The maximum atomic E-state index is 15.1. The van der Waals surface area contributed by atoms with Gasteiger partial charge in [-0.25, -0.2) is 4.68 Å². The molecule has 0 saturated carbocycles. The van der Waals surface area contributed by atoms with Gasteiger partial charge in [0.15, 0.2) is 0 Å². The standard InChI is InChI=1S/C36H39BrN6O7/c1-21(2)26(19-44)43-32-34(47)41(20-42-25-14-9-8-13-24(25)39-40-42)16-10-4-7-15-28(45)38-18-27(22-11-5-3-6-12-22)49-35(48)29-30(33(43)46)36(32)17-23(37)31(29)50-36/h3-6,8-14,17,21,26-27,29-32,44H,7,15-16,18-20H2,1-2H3,(H,38,45)/b10-4-/t26-,27-,29-,30+,31-,32-,36+/m0/s1. The number of amides is 3. The number of esters is 1. The van der Waals surface area contributed by atoms with Gasteiger partial charge in [-0.3, -0.25) is 19.2 Å². The second-order valence-electron chi connectivity index (χ2n) is 13.5. The summed E-state index contributed by atoms with van der Waals surface area (Å²) in [6.07, 6.45) is 4.26. The Balaban J connectivity index is 1.34. The summed E-state index contributed by atoms with van der Waals surface area (Å²) in [5.41, 5.74) is 0.520. The van der Waals surface area contributed by atoms with Crippen LogP contribution in [0.25, 0.3) is 11.0 Å². The molecule has 5 heterocycles. The number of cyclic esters (lactones) is 1. The minimum absolute atomic E-state index is 0.00649. The van der Waals surface area contributed by atoms with E-state index in [0.29, 0.717) is 27.5 Å². The zero-order chi connectivity index (χ0) is 35.2. The summed E-state index contributed by atoms with van der Waals surface area (Å²) < 4.78 is 14.9. The van der Waals surface area contributed by atoms with Gasteiger partial charge in [-0.05, 0) is 36.1 Å². The van der Waals surface area contributed by atoms with E-state index in [9.17, 15) is 19.5 Å².